The molecule has 1 saturated heterocycles. The SMILES string of the molecule is O=CN1CC(Oc2nccc(C3CC3)c2F)C1. The molecule has 2 aliphatic rings. The van der Waals surface area contributed by atoms with E-state index >= 15 is 0 Å². The second kappa shape index (κ2) is 3.98. The minimum atomic E-state index is -0.334. The quantitative estimate of drug-likeness (QED) is 0.740. The first-order valence-electron chi connectivity index (χ1n) is 5.78. The largest absolute Gasteiger partial charge is 0.468 e. The fourth-order valence-electron chi connectivity index (χ4n) is 2.02. The molecule has 90 valence electrons. The van der Waals surface area contributed by atoms with Gasteiger partial charge in [0.1, 0.15) is 6.10 Å². The van der Waals surface area contributed by atoms with E-state index in [1.54, 1.807) is 17.2 Å². The molecule has 1 aromatic heterocycles. The highest BCUT2D eigenvalue weighted by atomic mass is 19.1. The zero-order valence-corrected chi connectivity index (χ0v) is 9.30. The molecule has 0 bridgehead atoms. The molecule has 0 N–H and O–H groups in total. The van der Waals surface area contributed by atoms with Crippen molar-refractivity contribution in [2.24, 2.45) is 0 Å². The minimum absolute atomic E-state index is 0.0740. The van der Waals surface area contributed by atoms with Crippen LogP contribution in [0.4, 0.5) is 4.39 Å². The predicted octanol–water partition coefficient (Wildman–Crippen LogP) is 1.32. The normalized spacial score (nSPS) is 19.9. The van der Waals surface area contributed by atoms with Crippen LogP contribution in [0.1, 0.15) is 24.3 Å². The Morgan fingerprint density at radius 1 is 1.47 bits per heavy atom. The number of aromatic nitrogens is 1. The molecule has 0 unspecified atom stereocenters. The number of rotatable bonds is 4. The highest BCUT2D eigenvalue weighted by Gasteiger charge is 2.31. The molecule has 1 saturated carbocycles. The summed E-state index contributed by atoms with van der Waals surface area (Å²) in [5.41, 5.74) is 0.710. The van der Waals surface area contributed by atoms with E-state index in [0.717, 1.165) is 19.3 Å². The molecule has 0 atom stereocenters. The third-order valence-corrected chi connectivity index (χ3v) is 3.21. The summed E-state index contributed by atoms with van der Waals surface area (Å²) in [7, 11) is 0. The first-order chi connectivity index (χ1) is 8.28. The van der Waals surface area contributed by atoms with Gasteiger partial charge in [-0.05, 0) is 30.4 Å². The topological polar surface area (TPSA) is 42.4 Å². The van der Waals surface area contributed by atoms with Crippen molar-refractivity contribution in [3.63, 3.8) is 0 Å². The summed E-state index contributed by atoms with van der Waals surface area (Å²) in [5.74, 6) is 0.0812. The average Bonchev–Trinajstić information content (AvgIpc) is 3.08. The van der Waals surface area contributed by atoms with Gasteiger partial charge < -0.3 is 9.64 Å². The molecule has 2 fully saturated rings. The van der Waals surface area contributed by atoms with Crippen molar-refractivity contribution in [1.29, 1.82) is 0 Å². The third kappa shape index (κ3) is 1.97. The van der Waals surface area contributed by atoms with Gasteiger partial charge in [0.05, 0.1) is 13.1 Å². The molecule has 1 aliphatic carbocycles. The number of hydrogen-bond donors (Lipinski definition) is 0. The fourth-order valence-corrected chi connectivity index (χ4v) is 2.02. The van der Waals surface area contributed by atoms with Gasteiger partial charge in [-0.3, -0.25) is 4.79 Å². The average molecular weight is 236 g/mol. The molecule has 17 heavy (non-hydrogen) atoms. The molecular formula is C12H13FN2O2. The lowest BCUT2D eigenvalue weighted by Crippen LogP contribution is -2.53. The Bertz CT molecular complexity index is 442. The van der Waals surface area contributed by atoms with Crippen LogP contribution in [0.15, 0.2) is 12.3 Å². The number of pyridine rings is 1. The Labute approximate surface area is 98.4 Å². The maximum absolute atomic E-state index is 14.0. The van der Waals surface area contributed by atoms with Crippen molar-refractivity contribution < 1.29 is 13.9 Å². The number of likely N-dealkylation sites (tertiary alicyclic amines) is 1. The van der Waals surface area contributed by atoms with Crippen LogP contribution >= 0.6 is 0 Å². The minimum Gasteiger partial charge on any atom is -0.468 e. The monoisotopic (exact) mass is 236 g/mol. The molecule has 2 heterocycles. The molecular weight excluding hydrogens is 223 g/mol. The van der Waals surface area contributed by atoms with Crippen molar-refractivity contribution in [2.45, 2.75) is 24.9 Å². The van der Waals surface area contributed by atoms with Gasteiger partial charge in [-0.1, -0.05) is 0 Å². The molecule has 0 radical (unpaired) electrons. The van der Waals surface area contributed by atoms with E-state index in [1.807, 2.05) is 0 Å². The van der Waals surface area contributed by atoms with Gasteiger partial charge in [-0.15, -0.1) is 0 Å². The summed E-state index contributed by atoms with van der Waals surface area (Å²) in [6.07, 6.45) is 4.31. The van der Waals surface area contributed by atoms with Crippen LogP contribution in [-0.2, 0) is 4.79 Å². The second-order valence-electron chi connectivity index (χ2n) is 4.59. The predicted molar refractivity (Wildman–Crippen MR) is 58.2 cm³/mol. The van der Waals surface area contributed by atoms with Crippen LogP contribution in [0.2, 0.25) is 0 Å². The van der Waals surface area contributed by atoms with Crippen molar-refractivity contribution >= 4 is 6.41 Å². The smallest absolute Gasteiger partial charge is 0.251 e. The van der Waals surface area contributed by atoms with Gasteiger partial charge in [0.15, 0.2) is 5.82 Å². The lowest BCUT2D eigenvalue weighted by Gasteiger charge is -2.35. The van der Waals surface area contributed by atoms with E-state index in [4.69, 9.17) is 4.74 Å². The Morgan fingerprint density at radius 3 is 2.88 bits per heavy atom. The Hall–Kier alpha value is -1.65. The molecule has 0 spiro atoms. The van der Waals surface area contributed by atoms with Crippen LogP contribution in [0, 0.1) is 5.82 Å². The Balaban J connectivity index is 1.70. The summed E-state index contributed by atoms with van der Waals surface area (Å²) in [5, 5.41) is 0. The fraction of sp³-hybridized carbons (Fsp3) is 0.500. The van der Waals surface area contributed by atoms with Gasteiger partial charge in [0.2, 0.25) is 6.41 Å². The zero-order valence-electron chi connectivity index (χ0n) is 9.30. The summed E-state index contributed by atoms with van der Waals surface area (Å²) < 4.78 is 19.4. The number of halogens is 1. The lowest BCUT2D eigenvalue weighted by atomic mass is 10.1. The maximum atomic E-state index is 14.0. The number of carbonyl (C=O) groups excluding carboxylic acids is 1. The molecule has 4 nitrogen and oxygen atoms in total. The molecule has 3 rings (SSSR count). The van der Waals surface area contributed by atoms with E-state index in [0.29, 0.717) is 24.6 Å². The lowest BCUT2D eigenvalue weighted by molar-refractivity contribution is -0.126. The summed E-state index contributed by atoms with van der Waals surface area (Å²) in [6.45, 7) is 1.02. The van der Waals surface area contributed by atoms with Crippen LogP contribution < -0.4 is 4.74 Å². The number of carbonyl (C=O) groups is 1. The van der Waals surface area contributed by atoms with Crippen LogP contribution in [0.5, 0.6) is 5.88 Å². The van der Waals surface area contributed by atoms with E-state index in [2.05, 4.69) is 4.98 Å². The number of nitrogens with zero attached hydrogens (tertiary/aromatic N) is 2. The molecule has 1 amide bonds. The van der Waals surface area contributed by atoms with Crippen molar-refractivity contribution in [3.05, 3.63) is 23.6 Å². The van der Waals surface area contributed by atoms with Crippen LogP contribution in [0.25, 0.3) is 0 Å². The number of amides is 1. The van der Waals surface area contributed by atoms with Gasteiger partial charge in [-0.2, -0.15) is 0 Å². The molecule has 0 aromatic carbocycles. The second-order valence-corrected chi connectivity index (χ2v) is 4.59. The maximum Gasteiger partial charge on any atom is 0.251 e. The van der Waals surface area contributed by atoms with Gasteiger partial charge in [0.25, 0.3) is 5.88 Å². The van der Waals surface area contributed by atoms with Crippen molar-refractivity contribution in [3.8, 4) is 5.88 Å². The standard InChI is InChI=1S/C12H13FN2O2/c13-11-10(8-1-2-8)3-4-14-12(11)17-9-5-15(6-9)7-16/h3-4,7-9H,1-2,5-6H2. The molecule has 1 aliphatic heterocycles. The summed E-state index contributed by atoms with van der Waals surface area (Å²) >= 11 is 0. The number of hydrogen-bond acceptors (Lipinski definition) is 3. The first-order valence-corrected chi connectivity index (χ1v) is 5.78. The summed E-state index contributed by atoms with van der Waals surface area (Å²) in [4.78, 5) is 15.9. The third-order valence-electron chi connectivity index (χ3n) is 3.21. The van der Waals surface area contributed by atoms with E-state index < -0.39 is 0 Å². The van der Waals surface area contributed by atoms with Crippen molar-refractivity contribution in [1.82, 2.24) is 9.88 Å². The highest BCUT2D eigenvalue weighted by molar-refractivity contribution is 5.49. The first kappa shape index (κ1) is 10.5. The van der Waals surface area contributed by atoms with Crippen molar-refractivity contribution in [2.75, 3.05) is 13.1 Å². The Kier molecular flexibility index (Phi) is 2.46. The van der Waals surface area contributed by atoms with Crippen LogP contribution in [-0.4, -0.2) is 35.5 Å². The van der Waals surface area contributed by atoms with E-state index in [9.17, 15) is 9.18 Å². The van der Waals surface area contributed by atoms with Gasteiger partial charge in [-0.25, -0.2) is 9.37 Å². The summed E-state index contributed by atoms with van der Waals surface area (Å²) in [6, 6.07) is 1.72. The molecule has 1 aromatic rings. The highest BCUT2D eigenvalue weighted by Crippen LogP contribution is 2.42. The van der Waals surface area contributed by atoms with Gasteiger partial charge in [0, 0.05) is 6.20 Å². The van der Waals surface area contributed by atoms with E-state index in [1.165, 1.54) is 0 Å². The van der Waals surface area contributed by atoms with Gasteiger partial charge >= 0.3 is 0 Å². The van der Waals surface area contributed by atoms with E-state index in [-0.39, 0.29) is 17.8 Å². The zero-order chi connectivity index (χ0) is 11.8. The molecule has 5 heteroatoms. The Morgan fingerprint density at radius 2 is 2.24 bits per heavy atom. The number of ether oxygens (including phenoxy) is 1. The van der Waals surface area contributed by atoms with Crippen LogP contribution in [0.3, 0.4) is 0 Å².